The van der Waals surface area contributed by atoms with Crippen molar-refractivity contribution in [1.82, 2.24) is 19.7 Å². The van der Waals surface area contributed by atoms with Crippen molar-refractivity contribution in [1.29, 1.82) is 0 Å². The Bertz CT molecular complexity index is 1020. The summed E-state index contributed by atoms with van der Waals surface area (Å²) < 4.78 is 1.97. The Morgan fingerprint density at radius 1 is 1.07 bits per heavy atom. The summed E-state index contributed by atoms with van der Waals surface area (Å²) in [7, 11) is 3.97. The third-order valence-electron chi connectivity index (χ3n) is 4.64. The Labute approximate surface area is 190 Å². The third kappa shape index (κ3) is 5.35. The minimum Gasteiger partial charge on any atom is -0.325 e. The van der Waals surface area contributed by atoms with Crippen LogP contribution in [0.5, 0.6) is 0 Å². The first-order valence-corrected chi connectivity index (χ1v) is 11.0. The first-order chi connectivity index (χ1) is 14.3. The molecule has 1 amide bonds. The van der Waals surface area contributed by atoms with Crippen LogP contribution in [-0.4, -0.2) is 44.9 Å². The van der Waals surface area contributed by atoms with Gasteiger partial charge in [-0.2, -0.15) is 0 Å². The van der Waals surface area contributed by atoms with E-state index in [1.807, 2.05) is 49.9 Å². The van der Waals surface area contributed by atoms with Crippen molar-refractivity contribution in [3.63, 3.8) is 0 Å². The van der Waals surface area contributed by atoms with Gasteiger partial charge >= 0.3 is 0 Å². The summed E-state index contributed by atoms with van der Waals surface area (Å²) in [6.07, 6.45) is 0. The van der Waals surface area contributed by atoms with Crippen LogP contribution in [0.3, 0.4) is 0 Å². The summed E-state index contributed by atoms with van der Waals surface area (Å²) in [6, 6.07) is 14.6. The third-order valence-corrected chi connectivity index (χ3v) is 6.16. The number of nitrogens with zero attached hydrogens (tertiary/aromatic N) is 4. The number of halogens is 2. The van der Waals surface area contributed by atoms with Crippen molar-refractivity contribution in [2.75, 3.05) is 19.4 Å². The van der Waals surface area contributed by atoms with E-state index in [0.29, 0.717) is 20.9 Å². The normalized spacial score (nSPS) is 13.3. The van der Waals surface area contributed by atoms with E-state index in [-0.39, 0.29) is 11.9 Å². The Balaban J connectivity index is 1.87. The molecule has 3 aromatic rings. The lowest BCUT2D eigenvalue weighted by molar-refractivity contribution is -0.115. The Hall–Kier alpha value is -2.06. The first kappa shape index (κ1) is 22.6. The molecule has 0 spiro atoms. The number of hydrogen-bond acceptors (Lipinski definition) is 5. The van der Waals surface area contributed by atoms with E-state index in [1.54, 1.807) is 24.3 Å². The van der Waals surface area contributed by atoms with Gasteiger partial charge in [-0.15, -0.1) is 10.2 Å². The second-order valence-corrected chi connectivity index (χ2v) is 9.23. The number of hydrogen-bond donors (Lipinski definition) is 1. The highest BCUT2D eigenvalue weighted by Gasteiger charge is 2.24. The van der Waals surface area contributed by atoms with Crippen molar-refractivity contribution in [2.24, 2.45) is 0 Å². The van der Waals surface area contributed by atoms with E-state index in [9.17, 15) is 4.79 Å². The van der Waals surface area contributed by atoms with Crippen molar-refractivity contribution in [3.8, 4) is 5.69 Å². The molecular weight excluding hydrogens is 441 g/mol. The maximum absolute atomic E-state index is 12.7. The Morgan fingerprint density at radius 2 is 1.77 bits per heavy atom. The fraction of sp³-hybridized carbons (Fsp3) is 0.286. The average molecular weight is 464 g/mol. The van der Waals surface area contributed by atoms with Gasteiger partial charge in [-0.3, -0.25) is 14.3 Å². The largest absolute Gasteiger partial charge is 0.325 e. The van der Waals surface area contributed by atoms with E-state index < -0.39 is 5.25 Å². The lowest BCUT2D eigenvalue weighted by Gasteiger charge is -2.21. The molecule has 0 bridgehead atoms. The summed E-state index contributed by atoms with van der Waals surface area (Å²) >= 11 is 13.4. The standard InChI is InChI=1S/C21H23Cl2N5OS/c1-13(27(3)4)19-25-26-21(28(19)18-10-8-15(22)9-11-18)30-14(2)20(29)24-17-7-5-6-16(23)12-17/h5-14H,1-4H3,(H,24,29)/t13-,14+/m1/s1. The molecule has 1 N–H and O–H groups in total. The van der Waals surface area contributed by atoms with E-state index in [4.69, 9.17) is 23.2 Å². The van der Waals surface area contributed by atoms with Gasteiger partial charge < -0.3 is 5.32 Å². The zero-order valence-corrected chi connectivity index (χ0v) is 19.5. The van der Waals surface area contributed by atoms with Gasteiger partial charge in [0.2, 0.25) is 5.91 Å². The van der Waals surface area contributed by atoms with Gasteiger partial charge in [0.25, 0.3) is 0 Å². The molecule has 0 aliphatic rings. The quantitative estimate of drug-likeness (QED) is 0.480. The van der Waals surface area contributed by atoms with Crippen molar-refractivity contribution >= 4 is 46.6 Å². The average Bonchev–Trinajstić information content (AvgIpc) is 3.11. The number of aromatic nitrogens is 3. The van der Waals surface area contributed by atoms with Crippen LogP contribution in [0.25, 0.3) is 5.69 Å². The van der Waals surface area contributed by atoms with Crippen LogP contribution in [0.2, 0.25) is 10.0 Å². The molecule has 0 saturated carbocycles. The van der Waals surface area contributed by atoms with Crippen LogP contribution in [0.4, 0.5) is 5.69 Å². The van der Waals surface area contributed by atoms with Crippen molar-refractivity contribution in [2.45, 2.75) is 30.3 Å². The van der Waals surface area contributed by atoms with E-state index in [1.165, 1.54) is 11.8 Å². The molecular formula is C21H23Cl2N5OS. The SMILES string of the molecule is C[C@H](Sc1nnc([C@@H](C)N(C)C)n1-c1ccc(Cl)cc1)C(=O)Nc1cccc(Cl)c1. The van der Waals surface area contributed by atoms with Crippen LogP contribution in [0, 0.1) is 0 Å². The number of rotatable bonds is 7. The van der Waals surface area contributed by atoms with Gasteiger partial charge in [0, 0.05) is 21.4 Å². The first-order valence-electron chi connectivity index (χ1n) is 9.37. The lowest BCUT2D eigenvalue weighted by Crippen LogP contribution is -2.23. The highest BCUT2D eigenvalue weighted by atomic mass is 35.5. The Morgan fingerprint density at radius 3 is 2.40 bits per heavy atom. The van der Waals surface area contributed by atoms with E-state index in [2.05, 4.69) is 27.3 Å². The predicted molar refractivity (Wildman–Crippen MR) is 124 cm³/mol. The van der Waals surface area contributed by atoms with Crippen LogP contribution >= 0.6 is 35.0 Å². The highest BCUT2D eigenvalue weighted by molar-refractivity contribution is 8.00. The molecule has 30 heavy (non-hydrogen) atoms. The fourth-order valence-corrected chi connectivity index (χ4v) is 3.90. The number of nitrogens with one attached hydrogen (secondary N) is 1. The number of carbonyl (C=O) groups excluding carboxylic acids is 1. The molecule has 9 heteroatoms. The zero-order chi connectivity index (χ0) is 21.8. The molecule has 2 aromatic carbocycles. The zero-order valence-electron chi connectivity index (χ0n) is 17.1. The molecule has 0 saturated heterocycles. The number of anilines is 1. The minimum absolute atomic E-state index is 0.0260. The molecule has 0 radical (unpaired) electrons. The molecule has 0 aliphatic heterocycles. The number of amides is 1. The van der Waals surface area contributed by atoms with E-state index >= 15 is 0 Å². The van der Waals surface area contributed by atoms with Crippen molar-refractivity contribution < 1.29 is 4.79 Å². The maximum atomic E-state index is 12.7. The number of benzene rings is 2. The molecule has 6 nitrogen and oxygen atoms in total. The van der Waals surface area contributed by atoms with Crippen LogP contribution < -0.4 is 5.32 Å². The molecule has 1 aromatic heterocycles. The summed E-state index contributed by atoms with van der Waals surface area (Å²) in [5, 5.41) is 13.1. The van der Waals surface area contributed by atoms with Gasteiger partial charge in [-0.1, -0.05) is 41.0 Å². The maximum Gasteiger partial charge on any atom is 0.237 e. The molecule has 2 atom stereocenters. The van der Waals surface area contributed by atoms with Crippen LogP contribution in [0.1, 0.15) is 25.7 Å². The van der Waals surface area contributed by atoms with Crippen LogP contribution in [-0.2, 0) is 4.79 Å². The Kier molecular flexibility index (Phi) is 7.41. The molecule has 3 rings (SSSR count). The summed E-state index contributed by atoms with van der Waals surface area (Å²) in [4.78, 5) is 14.8. The number of thioether (sulfide) groups is 1. The predicted octanol–water partition coefficient (Wildman–Crippen LogP) is 5.32. The molecule has 0 fully saturated rings. The van der Waals surface area contributed by atoms with Crippen molar-refractivity contribution in [3.05, 3.63) is 64.4 Å². The molecule has 0 aliphatic carbocycles. The van der Waals surface area contributed by atoms with Gasteiger partial charge in [0.1, 0.15) is 0 Å². The monoisotopic (exact) mass is 463 g/mol. The van der Waals surface area contributed by atoms with Gasteiger partial charge in [0.05, 0.1) is 11.3 Å². The molecule has 158 valence electrons. The van der Waals surface area contributed by atoms with Gasteiger partial charge in [-0.25, -0.2) is 0 Å². The summed E-state index contributed by atoms with van der Waals surface area (Å²) in [6.45, 7) is 3.89. The van der Waals surface area contributed by atoms with Crippen LogP contribution in [0.15, 0.2) is 53.7 Å². The highest BCUT2D eigenvalue weighted by Crippen LogP contribution is 2.30. The molecule has 1 heterocycles. The fourth-order valence-electron chi connectivity index (χ4n) is 2.71. The second kappa shape index (κ2) is 9.83. The summed E-state index contributed by atoms with van der Waals surface area (Å²) in [5.74, 6) is 0.641. The molecule has 0 unspecified atom stereocenters. The summed E-state index contributed by atoms with van der Waals surface area (Å²) in [5.41, 5.74) is 1.54. The van der Waals surface area contributed by atoms with Gasteiger partial charge in [-0.05, 0) is 70.4 Å². The lowest BCUT2D eigenvalue weighted by atomic mass is 10.2. The van der Waals surface area contributed by atoms with E-state index in [0.717, 1.165) is 11.5 Å². The smallest absolute Gasteiger partial charge is 0.237 e. The second-order valence-electron chi connectivity index (χ2n) is 7.05. The van der Waals surface area contributed by atoms with Gasteiger partial charge in [0.15, 0.2) is 11.0 Å². The number of carbonyl (C=O) groups is 1. The topological polar surface area (TPSA) is 63.1 Å². The minimum atomic E-state index is -0.401.